The molecule has 0 radical (unpaired) electrons. The first-order chi connectivity index (χ1) is 15.0. The first kappa shape index (κ1) is 24.9. The number of rotatable bonds is 10. The van der Waals surface area contributed by atoms with Crippen LogP contribution < -0.4 is 21.7 Å². The highest BCUT2D eigenvalue weighted by Crippen LogP contribution is 2.18. The first-order valence-corrected chi connectivity index (χ1v) is 10.5. The van der Waals surface area contributed by atoms with Crippen LogP contribution in [0, 0.1) is 5.92 Å². The normalized spacial score (nSPS) is 14.9. The number of nitrogens with two attached hydrogens (primary N) is 1. The van der Waals surface area contributed by atoms with Crippen LogP contribution in [0.3, 0.4) is 0 Å². The summed E-state index contributed by atoms with van der Waals surface area (Å²) in [5, 5.41) is 17.6. The molecule has 1 aromatic carbocycles. The Morgan fingerprint density at radius 1 is 0.938 bits per heavy atom. The summed E-state index contributed by atoms with van der Waals surface area (Å²) in [5.41, 5.74) is 7.87. The Labute approximate surface area is 186 Å². The second-order valence-corrected chi connectivity index (χ2v) is 8.20. The highest BCUT2D eigenvalue weighted by Gasteiger charge is 2.28. The summed E-state index contributed by atoms with van der Waals surface area (Å²) in [5.74, 6) is -3.19. The Kier molecular flexibility index (Phi) is 8.36. The number of carboxylic acids is 1. The summed E-state index contributed by atoms with van der Waals surface area (Å²) in [6.07, 6.45) is 2.09. The van der Waals surface area contributed by atoms with Gasteiger partial charge in [-0.2, -0.15) is 0 Å². The number of para-hydroxylation sites is 1. The van der Waals surface area contributed by atoms with Gasteiger partial charge in [-0.25, -0.2) is 4.79 Å². The van der Waals surface area contributed by atoms with E-state index < -0.39 is 47.9 Å². The van der Waals surface area contributed by atoms with Crippen LogP contribution in [-0.4, -0.2) is 57.9 Å². The van der Waals surface area contributed by atoms with E-state index in [1.54, 1.807) is 20.0 Å². The van der Waals surface area contributed by atoms with Crippen LogP contribution in [0.15, 0.2) is 30.5 Å². The molecule has 10 heteroatoms. The van der Waals surface area contributed by atoms with Crippen molar-refractivity contribution in [1.82, 2.24) is 20.9 Å². The number of hydrogen-bond acceptors (Lipinski definition) is 5. The van der Waals surface area contributed by atoms with E-state index in [1.807, 2.05) is 24.3 Å². The van der Waals surface area contributed by atoms with E-state index in [4.69, 9.17) is 5.73 Å². The lowest BCUT2D eigenvalue weighted by Crippen LogP contribution is -2.56. The Morgan fingerprint density at radius 2 is 1.50 bits per heavy atom. The van der Waals surface area contributed by atoms with Gasteiger partial charge in [-0.3, -0.25) is 14.4 Å². The van der Waals surface area contributed by atoms with Gasteiger partial charge in [0.1, 0.15) is 18.1 Å². The van der Waals surface area contributed by atoms with Crippen LogP contribution in [0.4, 0.5) is 0 Å². The molecule has 0 fully saturated rings. The molecule has 2 rings (SSSR count). The van der Waals surface area contributed by atoms with Gasteiger partial charge in [0.25, 0.3) is 0 Å². The summed E-state index contributed by atoms with van der Waals surface area (Å²) >= 11 is 0. The van der Waals surface area contributed by atoms with Crippen LogP contribution in [0.25, 0.3) is 10.9 Å². The van der Waals surface area contributed by atoms with Crippen molar-refractivity contribution in [2.45, 2.75) is 58.3 Å². The first-order valence-electron chi connectivity index (χ1n) is 10.5. The molecule has 4 unspecified atom stereocenters. The molecule has 0 aliphatic carbocycles. The Morgan fingerprint density at radius 3 is 2.09 bits per heavy atom. The van der Waals surface area contributed by atoms with Gasteiger partial charge in [-0.05, 0) is 37.8 Å². The Bertz CT molecular complexity index is 986. The lowest BCUT2D eigenvalue weighted by Gasteiger charge is -2.22. The largest absolute Gasteiger partial charge is 0.480 e. The molecule has 3 amide bonds. The van der Waals surface area contributed by atoms with Gasteiger partial charge in [0, 0.05) is 17.1 Å². The molecule has 0 saturated carbocycles. The average Bonchev–Trinajstić information content (AvgIpc) is 3.13. The summed E-state index contributed by atoms with van der Waals surface area (Å²) in [6.45, 7) is 6.24. The smallest absolute Gasteiger partial charge is 0.326 e. The van der Waals surface area contributed by atoms with E-state index in [9.17, 15) is 24.3 Å². The minimum atomic E-state index is -1.16. The van der Waals surface area contributed by atoms with Crippen molar-refractivity contribution in [3.05, 3.63) is 36.0 Å². The average molecular weight is 446 g/mol. The van der Waals surface area contributed by atoms with Crippen LogP contribution in [0.2, 0.25) is 0 Å². The topological polar surface area (TPSA) is 166 Å². The standard InChI is InChI=1S/C22H31N5O5/c1-11(2)18(22(31)32)27-20(29)13(4)25-19(28)12(3)26-21(30)16(23)9-14-10-24-17-8-6-5-7-15(14)17/h5-8,10-13,16,18,24H,9,23H2,1-4H3,(H,25,28)(H,26,30)(H,27,29)(H,31,32). The highest BCUT2D eigenvalue weighted by molar-refractivity contribution is 5.94. The third-order valence-electron chi connectivity index (χ3n) is 5.19. The maximum Gasteiger partial charge on any atom is 0.326 e. The molecule has 0 aliphatic heterocycles. The molecule has 32 heavy (non-hydrogen) atoms. The fraction of sp³-hybridized carbons (Fsp3) is 0.455. The lowest BCUT2D eigenvalue weighted by molar-refractivity contribution is -0.143. The number of H-pyrrole nitrogens is 1. The number of aliphatic carboxylic acids is 1. The number of aromatic nitrogens is 1. The summed E-state index contributed by atoms with van der Waals surface area (Å²) in [7, 11) is 0. The van der Waals surface area contributed by atoms with Crippen molar-refractivity contribution in [3.63, 3.8) is 0 Å². The van der Waals surface area contributed by atoms with Crippen molar-refractivity contribution < 1.29 is 24.3 Å². The number of hydrogen-bond donors (Lipinski definition) is 6. The van der Waals surface area contributed by atoms with Crippen molar-refractivity contribution in [2.24, 2.45) is 11.7 Å². The number of carbonyl (C=O) groups excluding carboxylic acids is 3. The van der Waals surface area contributed by atoms with Gasteiger partial charge >= 0.3 is 5.97 Å². The molecule has 0 bridgehead atoms. The van der Waals surface area contributed by atoms with Gasteiger partial charge < -0.3 is 31.8 Å². The predicted molar refractivity (Wildman–Crippen MR) is 120 cm³/mol. The molecule has 1 aromatic heterocycles. The van der Waals surface area contributed by atoms with E-state index in [2.05, 4.69) is 20.9 Å². The SMILES string of the molecule is CC(NC(=O)C(N)Cc1c[nH]c2ccccc12)C(=O)NC(C)C(=O)NC(C(=O)O)C(C)C. The van der Waals surface area contributed by atoms with Gasteiger partial charge in [-0.15, -0.1) is 0 Å². The number of fused-ring (bicyclic) bond motifs is 1. The number of amides is 3. The van der Waals surface area contributed by atoms with Crippen molar-refractivity contribution in [1.29, 1.82) is 0 Å². The predicted octanol–water partition coefficient (Wildman–Crippen LogP) is 0.273. The van der Waals surface area contributed by atoms with Crippen LogP contribution in [0.5, 0.6) is 0 Å². The summed E-state index contributed by atoms with van der Waals surface area (Å²) < 4.78 is 0. The van der Waals surface area contributed by atoms with E-state index in [0.717, 1.165) is 16.5 Å². The third kappa shape index (κ3) is 6.30. The fourth-order valence-corrected chi connectivity index (χ4v) is 3.21. The fourth-order valence-electron chi connectivity index (χ4n) is 3.21. The lowest BCUT2D eigenvalue weighted by atomic mass is 10.0. The second kappa shape index (κ2) is 10.8. The van der Waals surface area contributed by atoms with E-state index in [1.165, 1.54) is 13.8 Å². The third-order valence-corrected chi connectivity index (χ3v) is 5.19. The molecular formula is C22H31N5O5. The van der Waals surface area contributed by atoms with Crippen molar-refractivity contribution >= 4 is 34.6 Å². The maximum absolute atomic E-state index is 12.5. The van der Waals surface area contributed by atoms with Crippen LogP contribution >= 0.6 is 0 Å². The molecule has 174 valence electrons. The quantitative estimate of drug-likeness (QED) is 0.307. The minimum Gasteiger partial charge on any atom is -0.480 e. The zero-order valence-electron chi connectivity index (χ0n) is 18.6. The Hall–Kier alpha value is -3.40. The van der Waals surface area contributed by atoms with E-state index >= 15 is 0 Å². The van der Waals surface area contributed by atoms with Crippen LogP contribution in [-0.2, 0) is 25.6 Å². The molecule has 2 aromatic rings. The van der Waals surface area contributed by atoms with Crippen molar-refractivity contribution in [2.75, 3.05) is 0 Å². The zero-order chi connectivity index (χ0) is 24.0. The summed E-state index contributed by atoms with van der Waals surface area (Å²) in [4.78, 5) is 51.5. The molecule has 10 nitrogen and oxygen atoms in total. The molecule has 7 N–H and O–H groups in total. The molecule has 4 atom stereocenters. The monoisotopic (exact) mass is 445 g/mol. The van der Waals surface area contributed by atoms with E-state index in [0.29, 0.717) is 0 Å². The van der Waals surface area contributed by atoms with E-state index in [-0.39, 0.29) is 12.3 Å². The molecule has 1 heterocycles. The molecule has 0 aliphatic rings. The Balaban J connectivity index is 1.88. The molecule has 0 saturated heterocycles. The number of aromatic amines is 1. The molecule has 0 spiro atoms. The number of nitrogens with one attached hydrogen (secondary N) is 4. The van der Waals surface area contributed by atoms with Crippen molar-refractivity contribution in [3.8, 4) is 0 Å². The maximum atomic E-state index is 12.5. The second-order valence-electron chi connectivity index (χ2n) is 8.20. The van der Waals surface area contributed by atoms with Gasteiger partial charge in [0.05, 0.1) is 6.04 Å². The highest BCUT2D eigenvalue weighted by atomic mass is 16.4. The number of benzene rings is 1. The zero-order valence-corrected chi connectivity index (χ0v) is 18.6. The van der Waals surface area contributed by atoms with Gasteiger partial charge in [-0.1, -0.05) is 32.0 Å². The summed E-state index contributed by atoms with van der Waals surface area (Å²) in [6, 6.07) is 3.80. The minimum absolute atomic E-state index is 0.286. The van der Waals surface area contributed by atoms with Gasteiger partial charge in [0.15, 0.2) is 0 Å². The number of carboxylic acid groups (broad SMARTS) is 1. The van der Waals surface area contributed by atoms with Gasteiger partial charge in [0.2, 0.25) is 17.7 Å². The van der Waals surface area contributed by atoms with Crippen LogP contribution in [0.1, 0.15) is 33.3 Å². The molecular weight excluding hydrogens is 414 g/mol. The number of carbonyl (C=O) groups is 4.